The minimum absolute atomic E-state index is 0.596. The molecular formula is C18H23N. The molecule has 0 aliphatic rings. The van der Waals surface area contributed by atoms with Gasteiger partial charge in [-0.15, -0.1) is 0 Å². The van der Waals surface area contributed by atoms with E-state index in [1.54, 1.807) is 0 Å². The van der Waals surface area contributed by atoms with Crippen LogP contribution in [0.25, 0.3) is 11.1 Å². The Morgan fingerprint density at radius 2 is 1.53 bits per heavy atom. The van der Waals surface area contributed by atoms with E-state index in [1.165, 1.54) is 29.5 Å². The summed E-state index contributed by atoms with van der Waals surface area (Å²) in [6, 6.07) is 20.0. The van der Waals surface area contributed by atoms with E-state index in [0.29, 0.717) is 6.04 Å². The maximum atomic E-state index is 3.56. The zero-order chi connectivity index (χ0) is 13.5. The van der Waals surface area contributed by atoms with Crippen LogP contribution in [-0.4, -0.2) is 6.04 Å². The predicted molar refractivity (Wildman–Crippen MR) is 83.1 cm³/mol. The minimum atomic E-state index is 0.596. The predicted octanol–water partition coefficient (Wildman–Crippen LogP) is 4.63. The molecule has 0 radical (unpaired) electrons. The Morgan fingerprint density at radius 1 is 0.895 bits per heavy atom. The molecule has 0 aliphatic carbocycles. The van der Waals surface area contributed by atoms with Gasteiger partial charge in [0.05, 0.1) is 0 Å². The summed E-state index contributed by atoms with van der Waals surface area (Å²) >= 11 is 0. The lowest BCUT2D eigenvalue weighted by Crippen LogP contribution is -2.24. The Balaban J connectivity index is 1.95. The normalized spacial score (nSPS) is 12.3. The van der Waals surface area contributed by atoms with Crippen molar-refractivity contribution in [2.45, 2.75) is 39.3 Å². The monoisotopic (exact) mass is 253 g/mol. The summed E-state index contributed by atoms with van der Waals surface area (Å²) in [4.78, 5) is 0. The second kappa shape index (κ2) is 7.10. The van der Waals surface area contributed by atoms with Crippen molar-refractivity contribution in [3.05, 3.63) is 60.2 Å². The number of hydrogen-bond acceptors (Lipinski definition) is 1. The number of rotatable bonds is 6. The van der Waals surface area contributed by atoms with Crippen LogP contribution in [0.15, 0.2) is 54.6 Å². The molecule has 0 spiro atoms. The van der Waals surface area contributed by atoms with Gasteiger partial charge < -0.3 is 5.32 Å². The van der Waals surface area contributed by atoms with Crippen molar-refractivity contribution in [1.29, 1.82) is 0 Å². The largest absolute Gasteiger partial charge is 0.310 e. The summed E-state index contributed by atoms with van der Waals surface area (Å²) in [5.74, 6) is 0. The third-order valence-electron chi connectivity index (χ3n) is 3.44. The van der Waals surface area contributed by atoms with Crippen LogP contribution in [0.2, 0.25) is 0 Å². The van der Waals surface area contributed by atoms with E-state index in [4.69, 9.17) is 0 Å². The highest BCUT2D eigenvalue weighted by Crippen LogP contribution is 2.19. The fraction of sp³-hybridized carbons (Fsp3) is 0.333. The molecule has 1 N–H and O–H groups in total. The van der Waals surface area contributed by atoms with E-state index in [2.05, 4.69) is 73.8 Å². The van der Waals surface area contributed by atoms with Crippen molar-refractivity contribution in [1.82, 2.24) is 5.32 Å². The summed E-state index contributed by atoms with van der Waals surface area (Å²) in [6.07, 6.45) is 2.48. The van der Waals surface area contributed by atoms with Crippen LogP contribution in [0.1, 0.15) is 32.3 Å². The quantitative estimate of drug-likeness (QED) is 0.791. The fourth-order valence-electron chi connectivity index (χ4n) is 2.27. The van der Waals surface area contributed by atoms with Gasteiger partial charge in [-0.1, -0.05) is 67.9 Å². The van der Waals surface area contributed by atoms with Crippen LogP contribution in [0.3, 0.4) is 0 Å². The molecule has 0 saturated carbocycles. The number of nitrogens with one attached hydrogen (secondary N) is 1. The summed E-state index contributed by atoms with van der Waals surface area (Å²) in [6.45, 7) is 5.44. The van der Waals surface area contributed by atoms with Crippen molar-refractivity contribution < 1.29 is 0 Å². The average Bonchev–Trinajstić information content (AvgIpc) is 2.47. The Hall–Kier alpha value is -1.60. The van der Waals surface area contributed by atoms with Gasteiger partial charge in [-0.25, -0.2) is 0 Å². The summed E-state index contributed by atoms with van der Waals surface area (Å²) in [5, 5.41) is 3.56. The molecule has 19 heavy (non-hydrogen) atoms. The highest BCUT2D eigenvalue weighted by Gasteiger charge is 2.01. The zero-order valence-electron chi connectivity index (χ0n) is 11.9. The molecule has 1 heteroatoms. The molecule has 0 saturated heterocycles. The van der Waals surface area contributed by atoms with Gasteiger partial charge in [0.1, 0.15) is 0 Å². The zero-order valence-corrected chi connectivity index (χ0v) is 11.9. The van der Waals surface area contributed by atoms with E-state index >= 15 is 0 Å². The van der Waals surface area contributed by atoms with Crippen molar-refractivity contribution >= 4 is 0 Å². The van der Waals surface area contributed by atoms with Crippen molar-refractivity contribution in [2.24, 2.45) is 0 Å². The van der Waals surface area contributed by atoms with Crippen molar-refractivity contribution in [2.75, 3.05) is 0 Å². The Kier molecular flexibility index (Phi) is 5.17. The summed E-state index contributed by atoms with van der Waals surface area (Å²) < 4.78 is 0. The standard InChI is InChI=1S/C18H23N/c1-3-7-15(2)19-14-16-10-12-18(13-11-16)17-8-5-4-6-9-17/h4-6,8-13,15,19H,3,7,14H2,1-2H3. The molecule has 100 valence electrons. The maximum absolute atomic E-state index is 3.56. The van der Waals surface area contributed by atoms with Crippen molar-refractivity contribution in [3.63, 3.8) is 0 Å². The molecule has 0 bridgehead atoms. The van der Waals surface area contributed by atoms with Gasteiger partial charge in [0.25, 0.3) is 0 Å². The van der Waals surface area contributed by atoms with Crippen LogP contribution in [0.5, 0.6) is 0 Å². The Morgan fingerprint density at radius 3 is 2.16 bits per heavy atom. The third kappa shape index (κ3) is 4.22. The fourth-order valence-corrected chi connectivity index (χ4v) is 2.27. The van der Waals surface area contributed by atoms with Gasteiger partial charge in [0, 0.05) is 12.6 Å². The van der Waals surface area contributed by atoms with Gasteiger partial charge in [-0.2, -0.15) is 0 Å². The third-order valence-corrected chi connectivity index (χ3v) is 3.44. The van der Waals surface area contributed by atoms with Gasteiger partial charge >= 0.3 is 0 Å². The second-order valence-electron chi connectivity index (χ2n) is 5.13. The molecule has 2 rings (SSSR count). The number of benzene rings is 2. The van der Waals surface area contributed by atoms with E-state index in [-0.39, 0.29) is 0 Å². The molecular weight excluding hydrogens is 230 g/mol. The molecule has 2 aromatic carbocycles. The first-order valence-electron chi connectivity index (χ1n) is 7.17. The van der Waals surface area contributed by atoms with Crippen LogP contribution in [-0.2, 0) is 6.54 Å². The molecule has 1 nitrogen and oxygen atoms in total. The topological polar surface area (TPSA) is 12.0 Å². The van der Waals surface area contributed by atoms with Crippen LogP contribution in [0, 0.1) is 0 Å². The van der Waals surface area contributed by atoms with Crippen LogP contribution >= 0.6 is 0 Å². The highest BCUT2D eigenvalue weighted by molar-refractivity contribution is 5.63. The van der Waals surface area contributed by atoms with Crippen molar-refractivity contribution in [3.8, 4) is 11.1 Å². The molecule has 0 amide bonds. The van der Waals surface area contributed by atoms with E-state index in [0.717, 1.165) is 6.54 Å². The molecule has 0 aromatic heterocycles. The van der Waals surface area contributed by atoms with Gasteiger partial charge in [-0.3, -0.25) is 0 Å². The van der Waals surface area contributed by atoms with Crippen LogP contribution < -0.4 is 5.32 Å². The molecule has 1 unspecified atom stereocenters. The van der Waals surface area contributed by atoms with Gasteiger partial charge in [0.2, 0.25) is 0 Å². The molecule has 2 aromatic rings. The number of hydrogen-bond donors (Lipinski definition) is 1. The van der Waals surface area contributed by atoms with E-state index < -0.39 is 0 Å². The van der Waals surface area contributed by atoms with E-state index in [1.807, 2.05) is 0 Å². The SMILES string of the molecule is CCCC(C)NCc1ccc(-c2ccccc2)cc1. The maximum Gasteiger partial charge on any atom is 0.0207 e. The molecule has 0 heterocycles. The molecule has 0 aliphatic heterocycles. The minimum Gasteiger partial charge on any atom is -0.310 e. The smallest absolute Gasteiger partial charge is 0.0207 e. The first kappa shape index (κ1) is 13.8. The highest BCUT2D eigenvalue weighted by atomic mass is 14.9. The average molecular weight is 253 g/mol. The Labute approximate surface area is 116 Å². The lowest BCUT2D eigenvalue weighted by molar-refractivity contribution is 0.508. The second-order valence-corrected chi connectivity index (χ2v) is 5.13. The summed E-state index contributed by atoms with van der Waals surface area (Å²) in [5.41, 5.74) is 3.91. The first-order valence-corrected chi connectivity index (χ1v) is 7.17. The Bertz CT molecular complexity index is 473. The van der Waals surface area contributed by atoms with E-state index in [9.17, 15) is 0 Å². The lowest BCUT2D eigenvalue weighted by Gasteiger charge is -2.12. The van der Waals surface area contributed by atoms with Gasteiger partial charge in [-0.05, 0) is 30.0 Å². The van der Waals surface area contributed by atoms with Gasteiger partial charge in [0.15, 0.2) is 0 Å². The lowest BCUT2D eigenvalue weighted by atomic mass is 10.0. The first-order chi connectivity index (χ1) is 9.29. The molecule has 1 atom stereocenters. The van der Waals surface area contributed by atoms with Crippen LogP contribution in [0.4, 0.5) is 0 Å². The summed E-state index contributed by atoms with van der Waals surface area (Å²) in [7, 11) is 0. The molecule has 0 fully saturated rings.